The lowest BCUT2D eigenvalue weighted by Crippen LogP contribution is -2.23. The number of aryl methyl sites for hydroxylation is 1. The van der Waals surface area contributed by atoms with Crippen LogP contribution in [0, 0.1) is 10.5 Å². The van der Waals surface area contributed by atoms with Gasteiger partial charge in [0.15, 0.2) is 11.5 Å². The molecule has 0 aliphatic rings. The van der Waals surface area contributed by atoms with Gasteiger partial charge in [0.25, 0.3) is 5.91 Å². The first-order valence-electron chi connectivity index (χ1n) is 7.39. The summed E-state index contributed by atoms with van der Waals surface area (Å²) in [5.74, 6) is 1.30. The highest BCUT2D eigenvalue weighted by Gasteiger charge is 2.11. The molecule has 0 atom stereocenters. The smallest absolute Gasteiger partial charge is 0.252 e. The minimum Gasteiger partial charge on any atom is -0.493 e. The maximum absolute atomic E-state index is 12.3. The number of methoxy groups -OCH3 is 1. The van der Waals surface area contributed by atoms with Crippen molar-refractivity contribution >= 4 is 28.5 Å². The van der Waals surface area contributed by atoms with Crippen LogP contribution < -0.4 is 14.8 Å². The minimum atomic E-state index is -0.0778. The second-order valence-corrected chi connectivity index (χ2v) is 6.12. The monoisotopic (exact) mass is 425 g/mol. The van der Waals surface area contributed by atoms with Crippen LogP contribution in [0.25, 0.3) is 0 Å². The average Bonchev–Trinajstić information content (AvgIpc) is 2.56. The van der Waals surface area contributed by atoms with Gasteiger partial charge in [0, 0.05) is 10.1 Å². The van der Waals surface area contributed by atoms with Crippen LogP contribution in [0.2, 0.25) is 0 Å². The number of rotatable bonds is 6. The number of benzene rings is 2. The first-order valence-corrected chi connectivity index (χ1v) is 8.47. The number of hydrogen-bond acceptors (Lipinski definition) is 3. The standard InChI is InChI=1S/C18H20INO3/c1-4-23-15-9-8-13(10-16(15)22-3)11-20-18(21)14-7-5-6-12(2)17(14)19/h5-10H,4,11H2,1-3H3,(H,20,21). The maximum Gasteiger partial charge on any atom is 0.252 e. The molecule has 1 N–H and O–H groups in total. The average molecular weight is 425 g/mol. The van der Waals surface area contributed by atoms with Gasteiger partial charge < -0.3 is 14.8 Å². The fourth-order valence-corrected chi connectivity index (χ4v) is 2.80. The molecule has 0 saturated heterocycles. The number of nitrogens with one attached hydrogen (secondary N) is 1. The van der Waals surface area contributed by atoms with Crippen molar-refractivity contribution in [1.82, 2.24) is 5.32 Å². The summed E-state index contributed by atoms with van der Waals surface area (Å²) in [4.78, 5) is 12.3. The van der Waals surface area contributed by atoms with Gasteiger partial charge >= 0.3 is 0 Å². The molecule has 4 nitrogen and oxygen atoms in total. The van der Waals surface area contributed by atoms with E-state index in [-0.39, 0.29) is 5.91 Å². The van der Waals surface area contributed by atoms with Crippen LogP contribution in [-0.2, 0) is 6.54 Å². The molecular weight excluding hydrogens is 405 g/mol. The lowest BCUT2D eigenvalue weighted by molar-refractivity contribution is 0.0950. The van der Waals surface area contributed by atoms with Crippen LogP contribution in [0.15, 0.2) is 36.4 Å². The van der Waals surface area contributed by atoms with E-state index in [0.29, 0.717) is 30.2 Å². The van der Waals surface area contributed by atoms with Crippen molar-refractivity contribution in [1.29, 1.82) is 0 Å². The van der Waals surface area contributed by atoms with Gasteiger partial charge in [0.2, 0.25) is 0 Å². The van der Waals surface area contributed by atoms with Gasteiger partial charge in [-0.2, -0.15) is 0 Å². The maximum atomic E-state index is 12.3. The zero-order valence-corrected chi connectivity index (χ0v) is 15.6. The van der Waals surface area contributed by atoms with Gasteiger partial charge in [-0.15, -0.1) is 0 Å². The van der Waals surface area contributed by atoms with Crippen molar-refractivity contribution in [3.05, 3.63) is 56.7 Å². The predicted molar refractivity (Wildman–Crippen MR) is 99.2 cm³/mol. The summed E-state index contributed by atoms with van der Waals surface area (Å²) in [7, 11) is 1.61. The van der Waals surface area contributed by atoms with Crippen LogP contribution in [-0.4, -0.2) is 19.6 Å². The van der Waals surface area contributed by atoms with Crippen LogP contribution in [0.4, 0.5) is 0 Å². The molecule has 0 aliphatic carbocycles. The Morgan fingerprint density at radius 1 is 1.22 bits per heavy atom. The number of hydrogen-bond donors (Lipinski definition) is 1. The third-order valence-electron chi connectivity index (χ3n) is 3.42. The molecule has 2 aromatic carbocycles. The van der Waals surface area contributed by atoms with E-state index in [2.05, 4.69) is 27.9 Å². The number of carbonyl (C=O) groups is 1. The zero-order valence-electron chi connectivity index (χ0n) is 13.5. The van der Waals surface area contributed by atoms with Crippen LogP contribution >= 0.6 is 22.6 Å². The second-order valence-electron chi connectivity index (χ2n) is 5.04. The Kier molecular flexibility index (Phi) is 6.27. The SMILES string of the molecule is CCOc1ccc(CNC(=O)c2cccc(C)c2I)cc1OC. The van der Waals surface area contributed by atoms with E-state index in [0.717, 1.165) is 14.7 Å². The Balaban J connectivity index is 2.08. The Morgan fingerprint density at radius 3 is 2.70 bits per heavy atom. The molecule has 0 unspecified atom stereocenters. The summed E-state index contributed by atoms with van der Waals surface area (Å²) in [6.45, 7) is 4.94. The molecule has 1 amide bonds. The Labute approximate surface area is 150 Å². The zero-order chi connectivity index (χ0) is 16.8. The molecule has 0 fully saturated rings. The fourth-order valence-electron chi connectivity index (χ4n) is 2.20. The first kappa shape index (κ1) is 17.6. The molecule has 0 radical (unpaired) electrons. The van der Waals surface area contributed by atoms with E-state index >= 15 is 0 Å². The third kappa shape index (κ3) is 4.37. The van der Waals surface area contributed by atoms with Crippen LogP contribution in [0.3, 0.4) is 0 Å². The highest BCUT2D eigenvalue weighted by Crippen LogP contribution is 2.28. The van der Waals surface area contributed by atoms with Gasteiger partial charge in [-0.3, -0.25) is 4.79 Å². The van der Waals surface area contributed by atoms with E-state index in [1.54, 1.807) is 7.11 Å². The minimum absolute atomic E-state index is 0.0778. The fraction of sp³-hybridized carbons (Fsp3) is 0.278. The molecule has 5 heteroatoms. The van der Waals surface area contributed by atoms with Crippen molar-refractivity contribution in [2.24, 2.45) is 0 Å². The van der Waals surface area contributed by atoms with E-state index < -0.39 is 0 Å². The van der Waals surface area contributed by atoms with E-state index in [9.17, 15) is 4.79 Å². The van der Waals surface area contributed by atoms with Crippen molar-refractivity contribution in [2.75, 3.05) is 13.7 Å². The summed E-state index contributed by atoms with van der Waals surface area (Å²) in [5.41, 5.74) is 2.76. The lowest BCUT2D eigenvalue weighted by Gasteiger charge is -2.12. The van der Waals surface area contributed by atoms with E-state index in [1.165, 1.54) is 0 Å². The predicted octanol–water partition coefficient (Wildman–Crippen LogP) is 3.94. The molecule has 0 aromatic heterocycles. The van der Waals surface area contributed by atoms with Gasteiger partial charge in [-0.05, 0) is 65.8 Å². The molecule has 2 rings (SSSR count). The number of amides is 1. The summed E-state index contributed by atoms with van der Waals surface area (Å²) in [6, 6.07) is 11.4. The molecule has 0 spiro atoms. The molecule has 0 saturated carbocycles. The van der Waals surface area contributed by atoms with Gasteiger partial charge in [0.1, 0.15) is 0 Å². The molecular formula is C18H20INO3. The van der Waals surface area contributed by atoms with Crippen molar-refractivity contribution in [3.8, 4) is 11.5 Å². The molecule has 122 valence electrons. The molecule has 0 aliphatic heterocycles. The Morgan fingerprint density at radius 2 is 2.00 bits per heavy atom. The Bertz CT molecular complexity index is 701. The van der Waals surface area contributed by atoms with E-state index in [4.69, 9.17) is 9.47 Å². The molecule has 2 aromatic rings. The van der Waals surface area contributed by atoms with Crippen molar-refractivity contribution in [3.63, 3.8) is 0 Å². The van der Waals surface area contributed by atoms with Crippen LogP contribution in [0.5, 0.6) is 11.5 Å². The van der Waals surface area contributed by atoms with Gasteiger partial charge in [0.05, 0.1) is 19.3 Å². The summed E-state index contributed by atoms with van der Waals surface area (Å²) >= 11 is 2.20. The number of halogens is 1. The molecule has 0 bridgehead atoms. The number of ether oxygens (including phenoxy) is 2. The molecule has 0 heterocycles. The highest BCUT2D eigenvalue weighted by atomic mass is 127. The first-order chi connectivity index (χ1) is 11.1. The Hall–Kier alpha value is -1.76. The van der Waals surface area contributed by atoms with Crippen LogP contribution in [0.1, 0.15) is 28.4 Å². The lowest BCUT2D eigenvalue weighted by atomic mass is 10.1. The summed E-state index contributed by atoms with van der Waals surface area (Å²) in [5, 5.41) is 2.95. The highest BCUT2D eigenvalue weighted by molar-refractivity contribution is 14.1. The topological polar surface area (TPSA) is 47.6 Å². The van der Waals surface area contributed by atoms with Gasteiger partial charge in [-0.1, -0.05) is 18.2 Å². The van der Waals surface area contributed by atoms with Crippen molar-refractivity contribution in [2.45, 2.75) is 20.4 Å². The summed E-state index contributed by atoms with van der Waals surface area (Å²) < 4.78 is 11.8. The van der Waals surface area contributed by atoms with E-state index in [1.807, 2.05) is 50.2 Å². The largest absolute Gasteiger partial charge is 0.493 e. The third-order valence-corrected chi connectivity index (χ3v) is 4.85. The number of carbonyl (C=O) groups excluding carboxylic acids is 1. The summed E-state index contributed by atoms with van der Waals surface area (Å²) in [6.07, 6.45) is 0. The second kappa shape index (κ2) is 8.19. The quantitative estimate of drug-likeness (QED) is 0.714. The normalized spacial score (nSPS) is 10.3. The molecule has 23 heavy (non-hydrogen) atoms. The van der Waals surface area contributed by atoms with Crippen molar-refractivity contribution < 1.29 is 14.3 Å². The van der Waals surface area contributed by atoms with Gasteiger partial charge in [-0.25, -0.2) is 0 Å².